The van der Waals surface area contributed by atoms with Gasteiger partial charge in [-0.1, -0.05) is 42.5 Å². The standard InChI is InChI=1S/C22H28FN3O.HI/c1-24-22(26(2)16-17-8-6-12-20(23)14-17)25-15-19-11-7-13-27-21(19)18-9-4-3-5-10-18;/h3-6,8-10,12,14,19,21H,7,11,13,15-16H2,1-2H3,(H,24,25);1H. The van der Waals surface area contributed by atoms with Gasteiger partial charge in [0.25, 0.3) is 0 Å². The minimum absolute atomic E-state index is 0. The fourth-order valence-corrected chi connectivity index (χ4v) is 3.65. The van der Waals surface area contributed by atoms with E-state index in [-0.39, 0.29) is 35.9 Å². The van der Waals surface area contributed by atoms with Gasteiger partial charge in [-0.25, -0.2) is 4.39 Å². The molecule has 6 heteroatoms. The third-order valence-electron chi connectivity index (χ3n) is 4.98. The fraction of sp³-hybridized carbons (Fsp3) is 0.409. The van der Waals surface area contributed by atoms with E-state index < -0.39 is 0 Å². The molecule has 2 atom stereocenters. The van der Waals surface area contributed by atoms with Gasteiger partial charge in [0.2, 0.25) is 0 Å². The van der Waals surface area contributed by atoms with Crippen LogP contribution in [0.25, 0.3) is 0 Å². The van der Waals surface area contributed by atoms with Crippen molar-refractivity contribution in [1.29, 1.82) is 0 Å². The summed E-state index contributed by atoms with van der Waals surface area (Å²) in [7, 11) is 3.74. The van der Waals surface area contributed by atoms with Crippen molar-refractivity contribution >= 4 is 29.9 Å². The third-order valence-corrected chi connectivity index (χ3v) is 4.98. The third kappa shape index (κ3) is 6.17. The highest BCUT2D eigenvalue weighted by Crippen LogP contribution is 2.33. The summed E-state index contributed by atoms with van der Waals surface area (Å²) in [6.45, 7) is 2.20. The van der Waals surface area contributed by atoms with E-state index in [4.69, 9.17) is 4.74 Å². The van der Waals surface area contributed by atoms with E-state index in [1.54, 1.807) is 19.2 Å². The number of nitrogens with one attached hydrogen (secondary N) is 1. The molecule has 28 heavy (non-hydrogen) atoms. The van der Waals surface area contributed by atoms with Crippen LogP contribution in [0.5, 0.6) is 0 Å². The van der Waals surface area contributed by atoms with Crippen molar-refractivity contribution in [2.24, 2.45) is 10.9 Å². The number of rotatable bonds is 5. The molecule has 1 N–H and O–H groups in total. The summed E-state index contributed by atoms with van der Waals surface area (Å²) >= 11 is 0. The monoisotopic (exact) mass is 497 g/mol. The molecule has 0 bridgehead atoms. The second-order valence-electron chi connectivity index (χ2n) is 7.02. The smallest absolute Gasteiger partial charge is 0.193 e. The van der Waals surface area contributed by atoms with Crippen molar-refractivity contribution in [2.45, 2.75) is 25.5 Å². The normalized spacial score (nSPS) is 19.6. The van der Waals surface area contributed by atoms with Crippen LogP contribution >= 0.6 is 24.0 Å². The van der Waals surface area contributed by atoms with E-state index in [1.165, 1.54) is 11.6 Å². The highest BCUT2D eigenvalue weighted by molar-refractivity contribution is 14.0. The average molecular weight is 497 g/mol. The van der Waals surface area contributed by atoms with Crippen molar-refractivity contribution in [1.82, 2.24) is 10.2 Å². The summed E-state index contributed by atoms with van der Waals surface area (Å²) in [4.78, 5) is 6.40. The molecule has 0 saturated carbocycles. The summed E-state index contributed by atoms with van der Waals surface area (Å²) in [5.74, 6) is 0.978. The fourth-order valence-electron chi connectivity index (χ4n) is 3.65. The predicted molar refractivity (Wildman–Crippen MR) is 123 cm³/mol. The Bertz CT molecular complexity index is 756. The van der Waals surface area contributed by atoms with Crippen molar-refractivity contribution in [2.75, 3.05) is 27.2 Å². The molecular formula is C22H29FIN3O. The molecule has 2 aromatic rings. The first-order valence-corrected chi connectivity index (χ1v) is 9.50. The summed E-state index contributed by atoms with van der Waals surface area (Å²) in [5, 5.41) is 3.48. The van der Waals surface area contributed by atoms with Crippen LogP contribution in [-0.4, -0.2) is 38.1 Å². The first kappa shape index (κ1) is 22.6. The lowest BCUT2D eigenvalue weighted by Gasteiger charge is -2.33. The minimum atomic E-state index is -0.214. The Labute approximate surface area is 184 Å². The molecule has 2 aromatic carbocycles. The topological polar surface area (TPSA) is 36.9 Å². The Hall–Kier alpha value is -1.67. The lowest BCUT2D eigenvalue weighted by atomic mass is 9.89. The van der Waals surface area contributed by atoms with Crippen LogP contribution in [0.1, 0.15) is 30.1 Å². The zero-order valence-corrected chi connectivity index (χ0v) is 18.8. The van der Waals surface area contributed by atoms with E-state index in [1.807, 2.05) is 24.1 Å². The van der Waals surface area contributed by atoms with Gasteiger partial charge < -0.3 is 15.0 Å². The number of benzene rings is 2. The Morgan fingerprint density at radius 1 is 1.21 bits per heavy atom. The maximum atomic E-state index is 13.4. The molecule has 4 nitrogen and oxygen atoms in total. The quantitative estimate of drug-likeness (QED) is 0.372. The molecule has 0 amide bonds. The summed E-state index contributed by atoms with van der Waals surface area (Å²) in [6, 6.07) is 17.1. The van der Waals surface area contributed by atoms with Crippen LogP contribution < -0.4 is 5.32 Å². The van der Waals surface area contributed by atoms with Gasteiger partial charge >= 0.3 is 0 Å². The molecule has 1 aliphatic heterocycles. The second-order valence-corrected chi connectivity index (χ2v) is 7.02. The number of hydrogen-bond acceptors (Lipinski definition) is 2. The molecule has 152 valence electrons. The van der Waals surface area contributed by atoms with Crippen molar-refractivity contribution in [3.05, 3.63) is 71.5 Å². The van der Waals surface area contributed by atoms with Crippen molar-refractivity contribution in [3.8, 4) is 0 Å². The molecule has 0 aromatic heterocycles. The number of ether oxygens (including phenoxy) is 1. The lowest BCUT2D eigenvalue weighted by molar-refractivity contribution is -0.0266. The van der Waals surface area contributed by atoms with E-state index in [0.29, 0.717) is 12.5 Å². The first-order valence-electron chi connectivity index (χ1n) is 9.50. The van der Waals surface area contributed by atoms with Crippen molar-refractivity contribution < 1.29 is 9.13 Å². The number of aliphatic imine (C=N–C) groups is 1. The van der Waals surface area contributed by atoms with Crippen LogP contribution in [0.4, 0.5) is 4.39 Å². The van der Waals surface area contributed by atoms with Crippen LogP contribution in [-0.2, 0) is 11.3 Å². The molecule has 1 fully saturated rings. The number of hydrogen-bond donors (Lipinski definition) is 1. The van der Waals surface area contributed by atoms with Gasteiger partial charge in [-0.3, -0.25) is 4.99 Å². The zero-order valence-electron chi connectivity index (χ0n) is 16.5. The Balaban J connectivity index is 0.00000280. The first-order chi connectivity index (χ1) is 13.2. The van der Waals surface area contributed by atoms with Gasteiger partial charge in [0.15, 0.2) is 5.96 Å². The molecule has 1 heterocycles. The average Bonchev–Trinajstić information content (AvgIpc) is 2.69. The summed E-state index contributed by atoms with van der Waals surface area (Å²) < 4.78 is 19.5. The van der Waals surface area contributed by atoms with Gasteiger partial charge in [0, 0.05) is 39.7 Å². The lowest BCUT2D eigenvalue weighted by Crippen LogP contribution is -2.42. The van der Waals surface area contributed by atoms with E-state index in [0.717, 1.165) is 37.5 Å². The van der Waals surface area contributed by atoms with E-state index in [2.05, 4.69) is 34.6 Å². The molecular weight excluding hydrogens is 468 g/mol. The molecule has 1 saturated heterocycles. The predicted octanol–water partition coefficient (Wildman–Crippen LogP) is 4.62. The van der Waals surface area contributed by atoms with Crippen LogP contribution in [0.2, 0.25) is 0 Å². The minimum Gasteiger partial charge on any atom is -0.373 e. The Morgan fingerprint density at radius 3 is 2.71 bits per heavy atom. The highest BCUT2D eigenvalue weighted by Gasteiger charge is 2.27. The largest absolute Gasteiger partial charge is 0.373 e. The molecule has 0 radical (unpaired) electrons. The maximum Gasteiger partial charge on any atom is 0.193 e. The summed E-state index contributed by atoms with van der Waals surface area (Å²) in [6.07, 6.45) is 2.31. The zero-order chi connectivity index (χ0) is 19.1. The Kier molecular flexibility index (Phi) is 9.18. The van der Waals surface area contributed by atoms with Gasteiger partial charge in [0.05, 0.1) is 6.10 Å². The van der Waals surface area contributed by atoms with Crippen LogP contribution in [0.3, 0.4) is 0 Å². The van der Waals surface area contributed by atoms with Gasteiger partial charge in [-0.05, 0) is 36.1 Å². The van der Waals surface area contributed by atoms with Gasteiger partial charge in [-0.15, -0.1) is 24.0 Å². The van der Waals surface area contributed by atoms with E-state index >= 15 is 0 Å². The number of guanidine groups is 1. The maximum absolute atomic E-state index is 13.4. The molecule has 3 rings (SSSR count). The molecule has 0 spiro atoms. The number of halogens is 2. The number of nitrogens with zero attached hydrogens (tertiary/aromatic N) is 2. The van der Waals surface area contributed by atoms with Crippen LogP contribution in [0.15, 0.2) is 59.6 Å². The molecule has 1 aliphatic rings. The summed E-state index contributed by atoms with van der Waals surface area (Å²) in [5.41, 5.74) is 2.15. The van der Waals surface area contributed by atoms with E-state index in [9.17, 15) is 4.39 Å². The van der Waals surface area contributed by atoms with Gasteiger partial charge in [-0.2, -0.15) is 0 Å². The Morgan fingerprint density at radius 2 is 2.00 bits per heavy atom. The molecule has 0 aliphatic carbocycles. The second kappa shape index (κ2) is 11.4. The van der Waals surface area contributed by atoms with Crippen LogP contribution in [0, 0.1) is 11.7 Å². The molecule has 2 unspecified atom stereocenters. The van der Waals surface area contributed by atoms with Crippen molar-refractivity contribution in [3.63, 3.8) is 0 Å². The van der Waals surface area contributed by atoms with Gasteiger partial charge in [0.1, 0.15) is 5.82 Å². The highest BCUT2D eigenvalue weighted by atomic mass is 127. The SMILES string of the molecule is CN=C(NCC1CCCOC1c1ccccc1)N(C)Cc1cccc(F)c1.I.